The van der Waals surface area contributed by atoms with E-state index in [0.717, 1.165) is 11.8 Å². The van der Waals surface area contributed by atoms with E-state index in [1.54, 1.807) is 7.11 Å². The summed E-state index contributed by atoms with van der Waals surface area (Å²) in [4.78, 5) is 10.5. The summed E-state index contributed by atoms with van der Waals surface area (Å²) >= 11 is 1.14. The van der Waals surface area contributed by atoms with Gasteiger partial charge < -0.3 is 19.1 Å². The molecule has 0 spiro atoms. The highest BCUT2D eigenvalue weighted by molar-refractivity contribution is 7.99. The molecular weight excluding hydrogens is 258 g/mol. The van der Waals surface area contributed by atoms with E-state index < -0.39 is 5.97 Å². The van der Waals surface area contributed by atoms with Gasteiger partial charge in [0.15, 0.2) is 11.0 Å². The Bertz CT molecular complexity index is 383. The molecule has 7 nitrogen and oxygen atoms in total. The first-order valence-electron chi connectivity index (χ1n) is 5.52. The summed E-state index contributed by atoms with van der Waals surface area (Å²) in [6.45, 7) is 3.94. The van der Waals surface area contributed by atoms with Crippen molar-refractivity contribution in [1.29, 1.82) is 0 Å². The summed E-state index contributed by atoms with van der Waals surface area (Å²) in [5, 5.41) is 17.2. The molecule has 1 rings (SSSR count). The van der Waals surface area contributed by atoms with Gasteiger partial charge in [0.2, 0.25) is 0 Å². The van der Waals surface area contributed by atoms with Gasteiger partial charge in [-0.3, -0.25) is 4.79 Å². The maximum absolute atomic E-state index is 10.5. The maximum Gasteiger partial charge on any atom is 0.313 e. The topological polar surface area (TPSA) is 86.5 Å². The maximum atomic E-state index is 10.5. The number of carbonyl (C=O) groups is 1. The van der Waals surface area contributed by atoms with Gasteiger partial charge in [0.1, 0.15) is 6.61 Å². The van der Waals surface area contributed by atoms with Crippen molar-refractivity contribution in [2.75, 3.05) is 26.1 Å². The van der Waals surface area contributed by atoms with Crippen LogP contribution in [0.1, 0.15) is 12.7 Å². The average molecular weight is 275 g/mol. The smallest absolute Gasteiger partial charge is 0.313 e. The molecule has 0 aliphatic heterocycles. The number of aromatic nitrogens is 3. The number of thioether (sulfide) groups is 1. The number of nitrogens with zero attached hydrogens (tertiary/aromatic N) is 3. The molecule has 102 valence electrons. The average Bonchev–Trinajstić information content (AvgIpc) is 2.73. The van der Waals surface area contributed by atoms with Gasteiger partial charge >= 0.3 is 5.97 Å². The van der Waals surface area contributed by atoms with Crippen LogP contribution in [-0.2, 0) is 27.4 Å². The second-order valence-corrected chi connectivity index (χ2v) is 4.31. The Balaban J connectivity index is 2.74. The molecule has 1 N–H and O–H groups in total. The van der Waals surface area contributed by atoms with Crippen LogP contribution >= 0.6 is 11.8 Å². The zero-order chi connectivity index (χ0) is 13.4. The molecule has 1 aromatic heterocycles. The third kappa shape index (κ3) is 4.63. The Labute approximate surface area is 109 Å². The van der Waals surface area contributed by atoms with E-state index in [2.05, 4.69) is 10.2 Å². The summed E-state index contributed by atoms with van der Waals surface area (Å²) in [6.07, 6.45) is 0. The first-order valence-corrected chi connectivity index (χ1v) is 6.51. The molecule has 18 heavy (non-hydrogen) atoms. The van der Waals surface area contributed by atoms with E-state index in [9.17, 15) is 4.79 Å². The monoisotopic (exact) mass is 275 g/mol. The second kappa shape index (κ2) is 8.06. The number of hydrogen-bond donors (Lipinski definition) is 1. The third-order valence-electron chi connectivity index (χ3n) is 2.07. The number of rotatable bonds is 9. The molecule has 0 saturated carbocycles. The summed E-state index contributed by atoms with van der Waals surface area (Å²) in [5.41, 5.74) is 0. The predicted molar refractivity (Wildman–Crippen MR) is 65.6 cm³/mol. The fraction of sp³-hybridized carbons (Fsp3) is 0.700. The Kier molecular flexibility index (Phi) is 6.69. The van der Waals surface area contributed by atoms with E-state index in [1.807, 2.05) is 11.5 Å². The SMILES string of the molecule is CCOCc1nnc(SCC(=O)O)n1CCOC. The van der Waals surface area contributed by atoms with Crippen molar-refractivity contribution in [2.24, 2.45) is 0 Å². The molecule has 0 aromatic carbocycles. The first kappa shape index (κ1) is 14.9. The molecule has 0 radical (unpaired) electrons. The summed E-state index contributed by atoms with van der Waals surface area (Å²) in [6, 6.07) is 0. The van der Waals surface area contributed by atoms with Gasteiger partial charge in [-0.05, 0) is 6.92 Å². The molecule has 0 aliphatic carbocycles. The van der Waals surface area contributed by atoms with E-state index in [-0.39, 0.29) is 5.75 Å². The van der Waals surface area contributed by atoms with Gasteiger partial charge in [0, 0.05) is 20.3 Å². The summed E-state index contributed by atoms with van der Waals surface area (Å²) < 4.78 is 12.1. The van der Waals surface area contributed by atoms with Crippen LogP contribution in [0, 0.1) is 0 Å². The minimum atomic E-state index is -0.882. The van der Waals surface area contributed by atoms with E-state index >= 15 is 0 Å². The minimum absolute atomic E-state index is 0.0419. The van der Waals surface area contributed by atoms with Crippen molar-refractivity contribution in [2.45, 2.75) is 25.2 Å². The van der Waals surface area contributed by atoms with Crippen molar-refractivity contribution < 1.29 is 19.4 Å². The molecule has 0 atom stereocenters. The molecular formula is C10H17N3O4S. The number of methoxy groups -OCH3 is 1. The standard InChI is InChI=1S/C10H17N3O4S/c1-3-17-6-8-11-12-10(18-7-9(14)15)13(8)4-5-16-2/h3-7H2,1-2H3,(H,14,15). The molecule has 1 aromatic rings. The number of aliphatic carboxylic acids is 1. The highest BCUT2D eigenvalue weighted by Gasteiger charge is 2.13. The van der Waals surface area contributed by atoms with Crippen molar-refractivity contribution >= 4 is 17.7 Å². The van der Waals surface area contributed by atoms with Crippen LogP contribution in [0.2, 0.25) is 0 Å². The number of carboxylic acids is 1. The van der Waals surface area contributed by atoms with Crippen molar-refractivity contribution in [3.8, 4) is 0 Å². The quantitative estimate of drug-likeness (QED) is 0.662. The summed E-state index contributed by atoms with van der Waals surface area (Å²) in [7, 11) is 1.61. The van der Waals surface area contributed by atoms with Crippen molar-refractivity contribution in [1.82, 2.24) is 14.8 Å². The highest BCUT2D eigenvalue weighted by atomic mass is 32.2. The molecule has 1 heterocycles. The molecule has 0 fully saturated rings. The molecule has 0 amide bonds. The summed E-state index contributed by atoms with van der Waals surface area (Å²) in [5.74, 6) is -0.242. The van der Waals surface area contributed by atoms with Gasteiger partial charge in [-0.2, -0.15) is 0 Å². The van der Waals surface area contributed by atoms with Gasteiger partial charge in [-0.1, -0.05) is 11.8 Å². The zero-order valence-corrected chi connectivity index (χ0v) is 11.3. The lowest BCUT2D eigenvalue weighted by molar-refractivity contribution is -0.133. The lowest BCUT2D eigenvalue weighted by Gasteiger charge is -2.08. The Morgan fingerprint density at radius 2 is 2.28 bits per heavy atom. The van der Waals surface area contributed by atoms with Crippen LogP contribution in [0.3, 0.4) is 0 Å². The molecule has 0 unspecified atom stereocenters. The highest BCUT2D eigenvalue weighted by Crippen LogP contribution is 2.17. The van der Waals surface area contributed by atoms with Crippen LogP contribution in [0.25, 0.3) is 0 Å². The van der Waals surface area contributed by atoms with Gasteiger partial charge in [0.25, 0.3) is 0 Å². The predicted octanol–water partition coefficient (Wildman–Crippen LogP) is 0.638. The first-order chi connectivity index (χ1) is 8.69. The molecule has 0 bridgehead atoms. The minimum Gasteiger partial charge on any atom is -0.481 e. The van der Waals surface area contributed by atoms with Crippen LogP contribution in [0.15, 0.2) is 5.16 Å². The lowest BCUT2D eigenvalue weighted by Crippen LogP contribution is -2.11. The van der Waals surface area contributed by atoms with Crippen LogP contribution in [0.5, 0.6) is 0 Å². The van der Waals surface area contributed by atoms with Gasteiger partial charge in [0.05, 0.1) is 12.4 Å². The molecule has 0 aliphatic rings. The van der Waals surface area contributed by atoms with E-state index in [0.29, 0.717) is 37.3 Å². The Hall–Kier alpha value is -1.12. The number of hydrogen-bond acceptors (Lipinski definition) is 6. The zero-order valence-electron chi connectivity index (χ0n) is 10.5. The number of ether oxygens (including phenoxy) is 2. The lowest BCUT2D eigenvalue weighted by atomic mass is 10.5. The van der Waals surface area contributed by atoms with Crippen LogP contribution in [-0.4, -0.2) is 51.9 Å². The Morgan fingerprint density at radius 1 is 1.50 bits per heavy atom. The normalized spacial score (nSPS) is 10.8. The fourth-order valence-corrected chi connectivity index (χ4v) is 1.96. The fourth-order valence-electron chi connectivity index (χ4n) is 1.26. The van der Waals surface area contributed by atoms with Crippen molar-refractivity contribution in [3.63, 3.8) is 0 Å². The van der Waals surface area contributed by atoms with Crippen LogP contribution in [0.4, 0.5) is 0 Å². The molecule has 0 saturated heterocycles. The van der Waals surface area contributed by atoms with Gasteiger partial charge in [-0.15, -0.1) is 10.2 Å². The van der Waals surface area contributed by atoms with Crippen molar-refractivity contribution in [3.05, 3.63) is 5.82 Å². The molecule has 8 heteroatoms. The largest absolute Gasteiger partial charge is 0.481 e. The second-order valence-electron chi connectivity index (χ2n) is 3.36. The van der Waals surface area contributed by atoms with E-state index in [4.69, 9.17) is 14.6 Å². The Morgan fingerprint density at radius 3 is 2.89 bits per heavy atom. The van der Waals surface area contributed by atoms with Crippen LogP contribution < -0.4 is 0 Å². The van der Waals surface area contributed by atoms with Gasteiger partial charge in [-0.25, -0.2) is 0 Å². The third-order valence-corrected chi connectivity index (χ3v) is 3.02. The number of carboxylic acid groups (broad SMARTS) is 1. The van der Waals surface area contributed by atoms with E-state index in [1.165, 1.54) is 0 Å².